The molecule has 26 nitrogen and oxygen atoms in total. The number of hydrogen-bond acceptors (Lipinski definition) is 26. The van der Waals surface area contributed by atoms with Gasteiger partial charge in [0.25, 0.3) is 0 Å². The van der Waals surface area contributed by atoms with Gasteiger partial charge in [-0.05, 0) is 152 Å². The summed E-state index contributed by atoms with van der Waals surface area (Å²) in [6.07, 6.45) is 17.6. The van der Waals surface area contributed by atoms with E-state index in [1.165, 1.54) is 200 Å². The zero-order valence-corrected chi connectivity index (χ0v) is 58.9. The van der Waals surface area contributed by atoms with Crippen LogP contribution in [0.15, 0.2) is 158 Å². The largest absolute Gasteiger partial charge is 0.466 e. The van der Waals surface area contributed by atoms with Crippen molar-refractivity contribution in [2.75, 3.05) is 79.5 Å². The van der Waals surface area contributed by atoms with Crippen LogP contribution in [-0.2, 0) is 76.1 Å². The molecule has 552 valence electrons. The Labute approximate surface area is 606 Å². The van der Waals surface area contributed by atoms with Gasteiger partial charge in [-0.25, -0.2) is 47.9 Å². The summed E-state index contributed by atoms with van der Waals surface area (Å²) >= 11 is 0. The number of nitrogens with two attached hydrogens (primary N) is 2. The summed E-state index contributed by atoms with van der Waals surface area (Å²) in [5.74, 6) is -11.0. The van der Waals surface area contributed by atoms with Crippen molar-refractivity contribution in [3.05, 3.63) is 213 Å². The van der Waals surface area contributed by atoms with Crippen LogP contribution >= 0.6 is 0 Å². The lowest BCUT2D eigenvalue weighted by Gasteiger charge is -2.27. The molecule has 0 bridgehead atoms. The number of rotatable bonds is 38. The predicted molar refractivity (Wildman–Crippen MR) is 382 cm³/mol. The van der Waals surface area contributed by atoms with E-state index in [2.05, 4.69) is 18.9 Å². The van der Waals surface area contributed by atoms with E-state index in [0.717, 1.165) is 56.7 Å². The Hall–Kier alpha value is -12.5. The number of nitrogen functional groups attached to an aromatic ring is 2. The minimum absolute atomic E-state index is 0.0123. The molecule has 0 spiro atoms. The summed E-state index contributed by atoms with van der Waals surface area (Å²) in [6, 6.07) is 31.1. The van der Waals surface area contributed by atoms with Gasteiger partial charge < -0.3 is 68.3 Å². The molecule has 0 unspecified atom stereocenters. The van der Waals surface area contributed by atoms with E-state index < -0.39 is 120 Å². The van der Waals surface area contributed by atoms with Crippen molar-refractivity contribution in [1.82, 2.24) is 0 Å². The first-order valence-corrected chi connectivity index (χ1v) is 33.1. The molecule has 6 aromatic carbocycles. The topological polar surface area (TPSA) is 368 Å². The van der Waals surface area contributed by atoms with Gasteiger partial charge >= 0.3 is 71.6 Å². The first-order chi connectivity index (χ1) is 50.3. The van der Waals surface area contributed by atoms with E-state index in [-0.39, 0.29) is 46.6 Å². The third kappa shape index (κ3) is 27.4. The van der Waals surface area contributed by atoms with E-state index in [1.54, 1.807) is 6.07 Å². The average Bonchev–Trinajstić information content (AvgIpc) is 0.816. The predicted octanol–water partition coefficient (Wildman–Crippen LogP) is 11.4. The molecular weight excluding hydrogens is 1360 g/mol. The Morgan fingerprint density at radius 1 is 0.305 bits per heavy atom. The van der Waals surface area contributed by atoms with Gasteiger partial charge in [0.05, 0.1) is 75.0 Å². The Kier molecular flexibility index (Phi) is 32.2. The maximum atomic E-state index is 14.8. The SMILES string of the molecule is COC(=O)/C=C/c1ccc(C(=O)OCC(C)(COC(=O)c2ccc(/C=C/C(=O)OC)cc2)C(=O)Oc2cc(OC(=O)C(C)(COC(=O)c3ccc(/C=C/C(=O)OC)cc3)COC(=O)c3ccc(/C=C/C(=O)OC)cc3)cc(C(=O)OCCCCCCCCCCCOC(=O)c3cc(N)cc(N)c3)c2)cc1. The van der Waals surface area contributed by atoms with Crippen LogP contribution in [0.25, 0.3) is 24.3 Å². The molecule has 0 amide bonds. The molecule has 0 heterocycles. The van der Waals surface area contributed by atoms with E-state index in [9.17, 15) is 57.5 Å². The third-order valence-electron chi connectivity index (χ3n) is 15.6. The maximum Gasteiger partial charge on any atom is 0.338 e. The monoisotopic (exact) mass is 1440 g/mol. The molecule has 0 saturated carbocycles. The summed E-state index contributed by atoms with van der Waals surface area (Å²) in [4.78, 5) is 158. The molecular formula is C79H82N2O24. The van der Waals surface area contributed by atoms with Crippen molar-refractivity contribution in [3.63, 3.8) is 0 Å². The molecule has 0 fully saturated rings. The Bertz CT molecular complexity index is 3770. The second-order valence-electron chi connectivity index (χ2n) is 24.2. The molecule has 6 rings (SSSR count). The molecule has 0 saturated heterocycles. The molecule has 4 N–H and O–H groups in total. The van der Waals surface area contributed by atoms with Gasteiger partial charge in [-0.1, -0.05) is 93.5 Å². The fourth-order valence-corrected chi connectivity index (χ4v) is 9.40. The summed E-state index contributed by atoms with van der Waals surface area (Å²) in [6.45, 7) is -0.479. The lowest BCUT2D eigenvalue weighted by Crippen LogP contribution is -2.42. The number of ether oxygens (including phenoxy) is 12. The lowest BCUT2D eigenvalue weighted by molar-refractivity contribution is -0.150. The molecule has 0 aliphatic heterocycles. The number of unbranched alkanes of at least 4 members (excludes halogenated alkanes) is 8. The number of methoxy groups -OCH3 is 4. The highest BCUT2D eigenvalue weighted by Gasteiger charge is 2.42. The number of benzene rings is 6. The number of hydrogen-bond donors (Lipinski definition) is 2. The molecule has 0 aromatic heterocycles. The Morgan fingerprint density at radius 3 is 0.800 bits per heavy atom. The zero-order chi connectivity index (χ0) is 76.3. The minimum Gasteiger partial charge on any atom is -0.466 e. The zero-order valence-electron chi connectivity index (χ0n) is 58.9. The van der Waals surface area contributed by atoms with Crippen LogP contribution in [0.5, 0.6) is 11.5 Å². The third-order valence-corrected chi connectivity index (χ3v) is 15.6. The van der Waals surface area contributed by atoms with Crippen LogP contribution in [0, 0.1) is 10.8 Å². The van der Waals surface area contributed by atoms with Crippen LogP contribution in [0.4, 0.5) is 11.4 Å². The summed E-state index contributed by atoms with van der Waals surface area (Å²) < 4.78 is 64.2. The van der Waals surface area contributed by atoms with Crippen LogP contribution in [-0.4, -0.2) is 140 Å². The van der Waals surface area contributed by atoms with Gasteiger partial charge in [0.2, 0.25) is 0 Å². The van der Waals surface area contributed by atoms with E-state index in [1.807, 2.05) is 0 Å². The maximum absolute atomic E-state index is 14.8. The van der Waals surface area contributed by atoms with Gasteiger partial charge in [0.15, 0.2) is 0 Å². The van der Waals surface area contributed by atoms with Crippen LogP contribution in [0.3, 0.4) is 0 Å². The molecule has 0 aliphatic rings. The fourth-order valence-electron chi connectivity index (χ4n) is 9.40. The molecule has 26 heteroatoms. The Balaban J connectivity index is 1.25. The van der Waals surface area contributed by atoms with Crippen molar-refractivity contribution in [1.29, 1.82) is 0 Å². The summed E-state index contributed by atoms with van der Waals surface area (Å²) in [7, 11) is 4.85. The highest BCUT2D eigenvalue weighted by atomic mass is 16.6. The molecule has 105 heavy (non-hydrogen) atoms. The highest BCUT2D eigenvalue weighted by Crippen LogP contribution is 2.32. The van der Waals surface area contributed by atoms with E-state index in [4.69, 9.17) is 49.4 Å². The summed E-state index contributed by atoms with van der Waals surface area (Å²) in [5, 5.41) is 0. The van der Waals surface area contributed by atoms with Crippen LogP contribution in [0.2, 0.25) is 0 Å². The van der Waals surface area contributed by atoms with Gasteiger partial charge in [-0.2, -0.15) is 0 Å². The van der Waals surface area contributed by atoms with Crippen molar-refractivity contribution < 1.29 is 114 Å². The normalized spacial score (nSPS) is 11.3. The average molecular weight is 1440 g/mol. The minimum atomic E-state index is -2.07. The second kappa shape index (κ2) is 41.4. The number of carbonyl (C=O) groups excluding carboxylic acids is 12. The number of carbonyl (C=O) groups is 12. The first-order valence-electron chi connectivity index (χ1n) is 33.1. The fraction of sp³-hybridized carbons (Fsp3) is 0.291. The van der Waals surface area contributed by atoms with Crippen LogP contribution in [0.1, 0.15) is 156 Å². The molecule has 0 aliphatic carbocycles. The van der Waals surface area contributed by atoms with E-state index in [0.29, 0.717) is 52.9 Å². The second-order valence-corrected chi connectivity index (χ2v) is 24.2. The quantitative estimate of drug-likeness (QED) is 0.00908. The van der Waals surface area contributed by atoms with Crippen molar-refractivity contribution in [2.45, 2.75) is 71.6 Å². The van der Waals surface area contributed by atoms with Crippen LogP contribution < -0.4 is 20.9 Å². The number of esters is 12. The van der Waals surface area contributed by atoms with Gasteiger partial charge in [-0.15, -0.1) is 0 Å². The van der Waals surface area contributed by atoms with Gasteiger partial charge in [-0.3, -0.25) is 9.59 Å². The van der Waals surface area contributed by atoms with Crippen molar-refractivity contribution in [2.24, 2.45) is 10.8 Å². The highest BCUT2D eigenvalue weighted by molar-refractivity contribution is 5.96. The first kappa shape index (κ1) is 81.5. The van der Waals surface area contributed by atoms with E-state index >= 15 is 0 Å². The summed E-state index contributed by atoms with van der Waals surface area (Å²) in [5.41, 5.74) is 10.3. The van der Waals surface area contributed by atoms with Gasteiger partial charge in [0.1, 0.15) is 48.8 Å². The van der Waals surface area contributed by atoms with Crippen molar-refractivity contribution >= 4 is 107 Å². The molecule has 0 radical (unpaired) electrons. The smallest absolute Gasteiger partial charge is 0.338 e. The standard InChI is InChI=1S/C79H82N2O24/c1-78(48-100-70(86)56-28-16-52(17-29-56)24-36-66(82)94-3,49-101-71(87)57-30-18-53(19-31-57)25-37-67(83)95-4)76(92)104-64-44-61(75(91)99-41-15-13-11-9-7-8-10-12-14-40-98-74(90)60-42-62(80)46-63(81)43-60)45-65(47-64)105-77(93)79(2,50-102-72(88)58-32-20-54(21-33-58)26-38-68(84)96-5)51-103-73(89)59-34-22-55(23-35-59)27-39-69(85)97-6/h16-39,42-47H,7-15,40-41,48-51,80-81H2,1-6H3/b36-24+,37-25+,38-26+,39-27+. The molecule has 0 atom stereocenters. The number of anilines is 2. The lowest BCUT2D eigenvalue weighted by atomic mass is 9.93. The Morgan fingerprint density at radius 2 is 0.543 bits per heavy atom. The van der Waals surface area contributed by atoms with Crippen molar-refractivity contribution in [3.8, 4) is 11.5 Å². The molecule has 6 aromatic rings. The van der Waals surface area contributed by atoms with Gasteiger partial charge in [0, 0.05) is 41.7 Å².